The van der Waals surface area contributed by atoms with E-state index in [1.54, 1.807) is 0 Å². The number of allylic oxidation sites excluding steroid dienone is 1. The van der Waals surface area contributed by atoms with Crippen LogP contribution in [0.15, 0.2) is 43.0 Å². The predicted molar refractivity (Wildman–Crippen MR) is 81.7 cm³/mol. The van der Waals surface area contributed by atoms with E-state index in [0.29, 0.717) is 6.04 Å². The molecule has 21 heavy (non-hydrogen) atoms. The molecule has 0 spiro atoms. The van der Waals surface area contributed by atoms with Gasteiger partial charge in [-0.3, -0.25) is 9.69 Å². The number of methoxy groups -OCH3 is 1. The predicted octanol–water partition coefficient (Wildman–Crippen LogP) is 1.58. The monoisotopic (exact) mass is 286 g/mol. The number of ether oxygens (including phenoxy) is 1. The minimum absolute atomic E-state index is 0.0520. The summed E-state index contributed by atoms with van der Waals surface area (Å²) in [5.74, 6) is -0.154. The van der Waals surface area contributed by atoms with Gasteiger partial charge in [-0.2, -0.15) is 0 Å². The largest absolute Gasteiger partial charge is 0.468 e. The van der Waals surface area contributed by atoms with Crippen LogP contribution in [-0.2, 0) is 16.1 Å². The zero-order valence-corrected chi connectivity index (χ0v) is 12.4. The quantitative estimate of drug-likeness (QED) is 0.659. The number of carbonyl (C=O) groups is 1. The molecule has 3 rings (SSSR count). The molecule has 1 unspecified atom stereocenters. The van der Waals surface area contributed by atoms with Gasteiger partial charge in [0.05, 0.1) is 7.11 Å². The Hall–Kier alpha value is -1.65. The van der Waals surface area contributed by atoms with Gasteiger partial charge in [-0.25, -0.2) is 0 Å². The van der Waals surface area contributed by atoms with Gasteiger partial charge in [-0.1, -0.05) is 36.4 Å². The second kappa shape index (κ2) is 5.62. The molecular weight excluding hydrogens is 264 g/mol. The normalized spacial score (nSPS) is 31.3. The molecular formula is C17H22N2O2. The molecule has 0 saturated carbocycles. The van der Waals surface area contributed by atoms with Crippen LogP contribution in [0.3, 0.4) is 0 Å². The van der Waals surface area contributed by atoms with Crippen LogP contribution in [0.25, 0.3) is 0 Å². The number of nitrogens with zero attached hydrogens (tertiary/aromatic N) is 1. The van der Waals surface area contributed by atoms with Gasteiger partial charge in [0.15, 0.2) is 0 Å². The zero-order chi connectivity index (χ0) is 14.9. The number of hydrogen-bond donors (Lipinski definition) is 1. The topological polar surface area (TPSA) is 41.6 Å². The number of benzene rings is 1. The maximum Gasteiger partial charge on any atom is 0.323 e. The Kier molecular flexibility index (Phi) is 3.83. The van der Waals surface area contributed by atoms with E-state index in [0.717, 1.165) is 26.1 Å². The summed E-state index contributed by atoms with van der Waals surface area (Å²) in [4.78, 5) is 14.5. The third kappa shape index (κ3) is 2.28. The SMILES string of the molecule is C=CCC12CN(Cc3ccccc3)[C@H]1CN[C@@H]2C(=O)OC. The fourth-order valence-corrected chi connectivity index (χ4v) is 3.90. The number of fused-ring (bicyclic) bond motifs is 1. The highest BCUT2D eigenvalue weighted by Gasteiger charge is 2.62. The first-order valence-corrected chi connectivity index (χ1v) is 7.41. The van der Waals surface area contributed by atoms with E-state index < -0.39 is 0 Å². The number of nitrogens with one attached hydrogen (secondary N) is 1. The van der Waals surface area contributed by atoms with Crippen LogP contribution in [0, 0.1) is 5.41 Å². The second-order valence-electron chi connectivity index (χ2n) is 6.00. The minimum atomic E-state index is -0.211. The Labute approximate surface area is 125 Å². The Morgan fingerprint density at radius 2 is 2.29 bits per heavy atom. The van der Waals surface area contributed by atoms with E-state index in [1.165, 1.54) is 12.7 Å². The summed E-state index contributed by atoms with van der Waals surface area (Å²) >= 11 is 0. The second-order valence-corrected chi connectivity index (χ2v) is 6.00. The van der Waals surface area contributed by atoms with Gasteiger partial charge in [-0.15, -0.1) is 6.58 Å². The lowest BCUT2D eigenvalue weighted by molar-refractivity contribution is -0.151. The van der Waals surface area contributed by atoms with Crippen molar-refractivity contribution in [1.82, 2.24) is 10.2 Å². The van der Waals surface area contributed by atoms with Gasteiger partial charge >= 0.3 is 5.97 Å². The fourth-order valence-electron chi connectivity index (χ4n) is 3.90. The molecule has 4 nitrogen and oxygen atoms in total. The van der Waals surface area contributed by atoms with E-state index in [1.807, 2.05) is 12.1 Å². The van der Waals surface area contributed by atoms with E-state index in [-0.39, 0.29) is 17.4 Å². The highest BCUT2D eigenvalue weighted by Crippen LogP contribution is 2.48. The van der Waals surface area contributed by atoms with Crippen LogP contribution < -0.4 is 5.32 Å². The number of esters is 1. The van der Waals surface area contributed by atoms with Crippen molar-refractivity contribution < 1.29 is 9.53 Å². The molecule has 0 aromatic heterocycles. The van der Waals surface area contributed by atoms with Crippen LogP contribution in [0.4, 0.5) is 0 Å². The van der Waals surface area contributed by atoms with E-state index in [4.69, 9.17) is 4.74 Å². The summed E-state index contributed by atoms with van der Waals surface area (Å²) in [6.45, 7) is 6.54. The molecule has 1 N–H and O–H groups in total. The van der Waals surface area contributed by atoms with Gasteiger partial charge in [0.2, 0.25) is 0 Å². The summed E-state index contributed by atoms with van der Waals surface area (Å²) in [6.07, 6.45) is 2.77. The van der Waals surface area contributed by atoms with Crippen LogP contribution >= 0.6 is 0 Å². The minimum Gasteiger partial charge on any atom is -0.468 e. The van der Waals surface area contributed by atoms with Crippen molar-refractivity contribution >= 4 is 5.97 Å². The third-order valence-electron chi connectivity index (χ3n) is 4.88. The Bertz CT molecular complexity index is 531. The molecule has 3 atom stereocenters. The van der Waals surface area contributed by atoms with Gasteiger partial charge in [0.1, 0.15) is 6.04 Å². The lowest BCUT2D eigenvalue weighted by atomic mass is 9.67. The van der Waals surface area contributed by atoms with Crippen molar-refractivity contribution in [2.75, 3.05) is 20.2 Å². The zero-order valence-electron chi connectivity index (χ0n) is 12.4. The third-order valence-corrected chi connectivity index (χ3v) is 4.88. The molecule has 2 heterocycles. The number of rotatable bonds is 5. The summed E-state index contributed by atoms with van der Waals surface area (Å²) in [7, 11) is 1.46. The summed E-state index contributed by atoms with van der Waals surface area (Å²) in [6, 6.07) is 10.6. The molecule has 0 radical (unpaired) electrons. The number of hydrogen-bond acceptors (Lipinski definition) is 4. The van der Waals surface area contributed by atoms with Crippen molar-refractivity contribution in [3.05, 3.63) is 48.6 Å². The molecule has 1 aromatic rings. The van der Waals surface area contributed by atoms with Crippen LogP contribution in [0.2, 0.25) is 0 Å². The molecule has 0 aliphatic carbocycles. The molecule has 4 heteroatoms. The van der Waals surface area contributed by atoms with Crippen molar-refractivity contribution in [2.24, 2.45) is 5.41 Å². The molecule has 112 valence electrons. The summed E-state index contributed by atoms with van der Waals surface area (Å²) < 4.78 is 4.96. The first-order chi connectivity index (χ1) is 10.2. The lowest BCUT2D eigenvalue weighted by Crippen LogP contribution is -2.66. The molecule has 2 aliphatic heterocycles. The average Bonchev–Trinajstić information content (AvgIpc) is 2.78. The number of likely N-dealkylation sites (tertiary alicyclic amines) is 1. The smallest absolute Gasteiger partial charge is 0.323 e. The number of carbonyl (C=O) groups excluding carboxylic acids is 1. The highest BCUT2D eigenvalue weighted by molar-refractivity contribution is 5.78. The molecule has 0 amide bonds. The Morgan fingerprint density at radius 1 is 1.52 bits per heavy atom. The van der Waals surface area contributed by atoms with E-state index >= 15 is 0 Å². The summed E-state index contributed by atoms with van der Waals surface area (Å²) in [5.41, 5.74) is 1.26. The molecule has 0 bridgehead atoms. The van der Waals surface area contributed by atoms with Gasteiger partial charge in [-0.05, 0) is 12.0 Å². The molecule has 1 aromatic carbocycles. The molecule has 2 aliphatic rings. The van der Waals surface area contributed by atoms with Gasteiger partial charge < -0.3 is 10.1 Å². The van der Waals surface area contributed by atoms with Crippen molar-refractivity contribution in [3.8, 4) is 0 Å². The van der Waals surface area contributed by atoms with E-state index in [2.05, 4.69) is 41.1 Å². The van der Waals surface area contributed by atoms with E-state index in [9.17, 15) is 4.79 Å². The van der Waals surface area contributed by atoms with Crippen molar-refractivity contribution in [2.45, 2.75) is 25.0 Å². The molecule has 2 saturated heterocycles. The fraction of sp³-hybridized carbons (Fsp3) is 0.471. The highest BCUT2D eigenvalue weighted by atomic mass is 16.5. The van der Waals surface area contributed by atoms with Crippen LogP contribution in [-0.4, -0.2) is 43.2 Å². The lowest BCUT2D eigenvalue weighted by Gasteiger charge is -2.55. The van der Waals surface area contributed by atoms with Crippen molar-refractivity contribution in [1.29, 1.82) is 0 Å². The Morgan fingerprint density at radius 3 is 2.95 bits per heavy atom. The van der Waals surface area contributed by atoms with Crippen LogP contribution in [0.5, 0.6) is 0 Å². The first kappa shape index (κ1) is 14.3. The first-order valence-electron chi connectivity index (χ1n) is 7.41. The average molecular weight is 286 g/mol. The maximum atomic E-state index is 12.0. The molecule has 2 fully saturated rings. The Balaban J connectivity index is 1.74. The summed E-state index contributed by atoms with van der Waals surface area (Å²) in [5, 5.41) is 3.35. The van der Waals surface area contributed by atoms with Gasteiger partial charge in [0.25, 0.3) is 0 Å². The van der Waals surface area contributed by atoms with Crippen LogP contribution in [0.1, 0.15) is 12.0 Å². The standard InChI is InChI=1S/C17H22N2O2/c1-3-9-17-12-19(11-13-7-5-4-6-8-13)14(17)10-18-15(17)16(20)21-2/h3-8,14-15,18H,1,9-12H2,2H3/t14-,15+,17?/m0/s1. The van der Waals surface area contributed by atoms with Crippen molar-refractivity contribution in [3.63, 3.8) is 0 Å². The van der Waals surface area contributed by atoms with Gasteiger partial charge in [0, 0.05) is 31.1 Å². The maximum absolute atomic E-state index is 12.0.